The van der Waals surface area contributed by atoms with Crippen molar-refractivity contribution in [3.05, 3.63) is 58.4 Å². The number of fused-ring (bicyclic) bond motifs is 1. The third-order valence-electron chi connectivity index (χ3n) is 3.03. The third-order valence-corrected chi connectivity index (χ3v) is 3.93. The standard InChI is InChI=1S/C17H14N2OS/c18-9-2-4-13-8-11-21-17(13)12-20-16-7-1-6-15-14(16)5-3-10-19-15/h1,3,5-8,10-11H,9,12,18H2. The molecule has 104 valence electrons. The molecule has 0 aliphatic heterocycles. The van der Waals surface area contributed by atoms with Gasteiger partial charge in [0.25, 0.3) is 0 Å². The second-order valence-electron chi connectivity index (χ2n) is 4.38. The van der Waals surface area contributed by atoms with Gasteiger partial charge in [0.05, 0.1) is 16.9 Å². The van der Waals surface area contributed by atoms with Gasteiger partial charge in [0.15, 0.2) is 0 Å². The first-order valence-electron chi connectivity index (χ1n) is 6.60. The molecule has 21 heavy (non-hydrogen) atoms. The lowest BCUT2D eigenvalue weighted by molar-refractivity contribution is 0.313. The van der Waals surface area contributed by atoms with Crippen LogP contribution in [0.25, 0.3) is 10.9 Å². The molecular weight excluding hydrogens is 280 g/mol. The van der Waals surface area contributed by atoms with E-state index < -0.39 is 0 Å². The van der Waals surface area contributed by atoms with Crippen molar-refractivity contribution in [3.63, 3.8) is 0 Å². The molecule has 1 aromatic carbocycles. The van der Waals surface area contributed by atoms with E-state index in [2.05, 4.69) is 16.8 Å². The van der Waals surface area contributed by atoms with E-state index >= 15 is 0 Å². The molecule has 0 bridgehead atoms. The molecule has 2 heterocycles. The van der Waals surface area contributed by atoms with Gasteiger partial charge in [-0.1, -0.05) is 17.9 Å². The Morgan fingerprint density at radius 3 is 3.05 bits per heavy atom. The molecule has 0 aliphatic rings. The highest BCUT2D eigenvalue weighted by molar-refractivity contribution is 7.10. The first kappa shape index (κ1) is 13.6. The van der Waals surface area contributed by atoms with E-state index in [9.17, 15) is 0 Å². The molecule has 4 heteroatoms. The zero-order chi connectivity index (χ0) is 14.5. The van der Waals surface area contributed by atoms with E-state index in [4.69, 9.17) is 10.5 Å². The number of aromatic nitrogens is 1. The van der Waals surface area contributed by atoms with Crippen molar-refractivity contribution in [1.29, 1.82) is 0 Å². The molecule has 3 rings (SSSR count). The molecule has 0 unspecified atom stereocenters. The van der Waals surface area contributed by atoms with Crippen LogP contribution >= 0.6 is 11.3 Å². The molecule has 3 aromatic rings. The quantitative estimate of drug-likeness (QED) is 0.755. The summed E-state index contributed by atoms with van der Waals surface area (Å²) in [4.78, 5) is 5.44. The number of ether oxygens (including phenoxy) is 1. The smallest absolute Gasteiger partial charge is 0.129 e. The summed E-state index contributed by atoms with van der Waals surface area (Å²) >= 11 is 1.64. The number of hydrogen-bond acceptors (Lipinski definition) is 4. The molecule has 0 atom stereocenters. The van der Waals surface area contributed by atoms with Crippen molar-refractivity contribution in [2.75, 3.05) is 6.54 Å². The number of nitrogens with zero attached hydrogens (tertiary/aromatic N) is 1. The SMILES string of the molecule is NCC#Cc1ccsc1COc1cccc2ncccc12. The number of pyridine rings is 1. The van der Waals surface area contributed by atoms with Gasteiger partial charge >= 0.3 is 0 Å². The fraction of sp³-hybridized carbons (Fsp3) is 0.118. The van der Waals surface area contributed by atoms with E-state index in [0.717, 1.165) is 27.1 Å². The number of nitrogens with two attached hydrogens (primary N) is 1. The van der Waals surface area contributed by atoms with Crippen molar-refractivity contribution in [2.45, 2.75) is 6.61 Å². The summed E-state index contributed by atoms with van der Waals surface area (Å²) in [6, 6.07) is 11.8. The van der Waals surface area contributed by atoms with Crippen molar-refractivity contribution >= 4 is 22.2 Å². The average molecular weight is 294 g/mol. The Labute approximate surface area is 127 Å². The largest absolute Gasteiger partial charge is 0.487 e. The fourth-order valence-corrected chi connectivity index (χ4v) is 2.80. The number of rotatable bonds is 3. The molecule has 0 radical (unpaired) electrons. The van der Waals surface area contributed by atoms with Crippen LogP contribution in [-0.2, 0) is 6.61 Å². The maximum Gasteiger partial charge on any atom is 0.129 e. The van der Waals surface area contributed by atoms with Gasteiger partial charge in [-0.25, -0.2) is 0 Å². The predicted molar refractivity (Wildman–Crippen MR) is 86.3 cm³/mol. The van der Waals surface area contributed by atoms with Crippen LogP contribution in [0.3, 0.4) is 0 Å². The van der Waals surface area contributed by atoms with Crippen LogP contribution in [0.2, 0.25) is 0 Å². The lowest BCUT2D eigenvalue weighted by Crippen LogP contribution is -1.97. The Morgan fingerprint density at radius 2 is 2.14 bits per heavy atom. The lowest BCUT2D eigenvalue weighted by Gasteiger charge is -2.08. The zero-order valence-electron chi connectivity index (χ0n) is 11.4. The molecule has 0 saturated carbocycles. The topological polar surface area (TPSA) is 48.1 Å². The summed E-state index contributed by atoms with van der Waals surface area (Å²) in [6.45, 7) is 0.866. The van der Waals surface area contributed by atoms with Gasteiger partial charge in [0.2, 0.25) is 0 Å². The number of benzene rings is 1. The van der Waals surface area contributed by atoms with E-state index in [1.807, 2.05) is 41.8 Å². The monoisotopic (exact) mass is 294 g/mol. The summed E-state index contributed by atoms with van der Waals surface area (Å²) in [7, 11) is 0. The van der Waals surface area contributed by atoms with Crippen LogP contribution < -0.4 is 10.5 Å². The van der Waals surface area contributed by atoms with Gasteiger partial charge in [0, 0.05) is 17.1 Å². The van der Waals surface area contributed by atoms with Gasteiger partial charge in [-0.3, -0.25) is 4.98 Å². The highest BCUT2D eigenvalue weighted by Crippen LogP contribution is 2.26. The van der Waals surface area contributed by atoms with Crippen molar-refractivity contribution < 1.29 is 4.74 Å². The minimum absolute atomic E-state index is 0.366. The Balaban J connectivity index is 1.83. The molecule has 3 nitrogen and oxygen atoms in total. The van der Waals surface area contributed by atoms with Gasteiger partial charge in [-0.2, -0.15) is 0 Å². The van der Waals surface area contributed by atoms with E-state index in [0.29, 0.717) is 13.2 Å². The van der Waals surface area contributed by atoms with Gasteiger partial charge in [-0.15, -0.1) is 11.3 Å². The number of hydrogen-bond donors (Lipinski definition) is 1. The molecule has 0 amide bonds. The average Bonchev–Trinajstić information content (AvgIpc) is 2.98. The summed E-state index contributed by atoms with van der Waals surface area (Å²) < 4.78 is 5.96. The van der Waals surface area contributed by atoms with Crippen LogP contribution in [0.15, 0.2) is 48.0 Å². The molecular formula is C17H14N2OS. The van der Waals surface area contributed by atoms with E-state index in [-0.39, 0.29) is 0 Å². The van der Waals surface area contributed by atoms with Crippen LogP contribution in [0.1, 0.15) is 10.4 Å². The van der Waals surface area contributed by atoms with Crippen LogP contribution in [0, 0.1) is 11.8 Å². The second kappa shape index (κ2) is 6.40. The minimum atomic E-state index is 0.366. The Morgan fingerprint density at radius 1 is 1.19 bits per heavy atom. The van der Waals surface area contributed by atoms with Gasteiger partial charge < -0.3 is 10.5 Å². The zero-order valence-corrected chi connectivity index (χ0v) is 12.2. The van der Waals surface area contributed by atoms with E-state index in [1.54, 1.807) is 17.5 Å². The predicted octanol–water partition coefficient (Wildman–Crippen LogP) is 3.19. The summed E-state index contributed by atoms with van der Waals surface area (Å²) in [6.07, 6.45) is 1.78. The molecule has 0 saturated heterocycles. The Hall–Kier alpha value is -2.35. The summed E-state index contributed by atoms with van der Waals surface area (Å²) in [5.74, 6) is 6.79. The number of thiophene rings is 1. The first-order valence-corrected chi connectivity index (χ1v) is 7.48. The fourth-order valence-electron chi connectivity index (χ4n) is 2.05. The normalized spacial score (nSPS) is 10.1. The molecule has 0 aliphatic carbocycles. The van der Waals surface area contributed by atoms with Crippen molar-refractivity contribution in [3.8, 4) is 17.6 Å². The van der Waals surface area contributed by atoms with E-state index in [1.165, 1.54) is 0 Å². The molecule has 2 aromatic heterocycles. The molecule has 0 spiro atoms. The van der Waals surface area contributed by atoms with Crippen LogP contribution in [0.5, 0.6) is 5.75 Å². The van der Waals surface area contributed by atoms with Crippen LogP contribution in [-0.4, -0.2) is 11.5 Å². The minimum Gasteiger partial charge on any atom is -0.487 e. The third kappa shape index (κ3) is 3.05. The second-order valence-corrected chi connectivity index (χ2v) is 5.38. The van der Waals surface area contributed by atoms with Crippen molar-refractivity contribution in [2.24, 2.45) is 5.73 Å². The lowest BCUT2D eigenvalue weighted by atomic mass is 10.2. The first-order chi connectivity index (χ1) is 10.4. The highest BCUT2D eigenvalue weighted by atomic mass is 32.1. The van der Waals surface area contributed by atoms with Gasteiger partial charge in [-0.05, 0) is 35.7 Å². The summed E-state index contributed by atoms with van der Waals surface area (Å²) in [5.41, 5.74) is 7.34. The van der Waals surface area contributed by atoms with Crippen LogP contribution in [0.4, 0.5) is 0 Å². The van der Waals surface area contributed by atoms with Crippen molar-refractivity contribution in [1.82, 2.24) is 4.98 Å². The van der Waals surface area contributed by atoms with Gasteiger partial charge in [0.1, 0.15) is 12.4 Å². The molecule has 2 N–H and O–H groups in total. The maximum absolute atomic E-state index is 5.96. The Bertz CT molecular complexity index is 809. The highest BCUT2D eigenvalue weighted by Gasteiger charge is 2.06. The summed E-state index contributed by atoms with van der Waals surface area (Å²) in [5, 5.41) is 3.04. The maximum atomic E-state index is 5.96. The molecule has 0 fully saturated rings. The Kier molecular flexibility index (Phi) is 4.15.